The lowest BCUT2D eigenvalue weighted by Crippen LogP contribution is -2.52. The highest BCUT2D eigenvalue weighted by Gasteiger charge is 2.33. The molecular weight excluding hydrogens is 546 g/mol. The molecule has 3 rings (SSSR count). The van der Waals surface area contributed by atoms with Gasteiger partial charge in [0.15, 0.2) is 0 Å². The average molecular weight is 584 g/mol. The molecule has 1 atom stereocenters. The molecule has 7 nitrogen and oxygen atoms in total. The summed E-state index contributed by atoms with van der Waals surface area (Å²) in [5, 5.41) is 3.28. The van der Waals surface area contributed by atoms with E-state index in [1.165, 1.54) is 23.1 Å². The Hall–Kier alpha value is -3.36. The van der Waals surface area contributed by atoms with Crippen molar-refractivity contribution in [2.45, 2.75) is 64.4 Å². The number of aryl methyl sites for hydroxylation is 2. The van der Waals surface area contributed by atoms with E-state index in [9.17, 15) is 18.0 Å². The summed E-state index contributed by atoms with van der Waals surface area (Å²) in [7, 11) is -4.14. The van der Waals surface area contributed by atoms with E-state index in [2.05, 4.69) is 5.32 Å². The van der Waals surface area contributed by atoms with Gasteiger partial charge in [-0.1, -0.05) is 85.5 Å². The molecule has 0 aromatic heterocycles. The molecule has 0 saturated heterocycles. The molecule has 3 aromatic carbocycles. The zero-order valence-electron chi connectivity index (χ0n) is 23.6. The zero-order chi connectivity index (χ0) is 29.3. The van der Waals surface area contributed by atoms with Crippen LogP contribution in [0.2, 0.25) is 5.02 Å². The molecule has 1 unspecified atom stereocenters. The summed E-state index contributed by atoms with van der Waals surface area (Å²) in [6.45, 7) is 7.89. The second-order valence-electron chi connectivity index (χ2n) is 9.88. The monoisotopic (exact) mass is 583 g/mol. The normalized spacial score (nSPS) is 12.0. The highest BCUT2D eigenvalue weighted by Crippen LogP contribution is 2.27. The third kappa shape index (κ3) is 8.08. The first-order chi connectivity index (χ1) is 19.1. The van der Waals surface area contributed by atoms with Crippen LogP contribution >= 0.6 is 11.6 Å². The molecule has 0 heterocycles. The Balaban J connectivity index is 2.03. The fourth-order valence-electron chi connectivity index (χ4n) is 4.31. The molecule has 40 heavy (non-hydrogen) atoms. The maximum atomic E-state index is 14.1. The molecule has 0 saturated carbocycles. The number of anilines is 1. The molecule has 0 spiro atoms. The van der Waals surface area contributed by atoms with Crippen LogP contribution in [0.3, 0.4) is 0 Å². The molecule has 3 aromatic rings. The van der Waals surface area contributed by atoms with Crippen molar-refractivity contribution in [1.29, 1.82) is 0 Å². The van der Waals surface area contributed by atoms with Gasteiger partial charge in [0.2, 0.25) is 11.8 Å². The predicted molar refractivity (Wildman–Crippen MR) is 161 cm³/mol. The number of hydrogen-bond donors (Lipinski definition) is 1. The smallest absolute Gasteiger partial charge is 0.264 e. The minimum Gasteiger partial charge on any atom is -0.354 e. The molecule has 2 amide bonds. The molecular formula is C31H38ClN3O4S. The maximum Gasteiger partial charge on any atom is 0.264 e. The first kappa shape index (κ1) is 31.2. The number of unbranched alkanes of at least 4 members (excludes halogenated alkanes) is 1. The van der Waals surface area contributed by atoms with Crippen molar-refractivity contribution >= 4 is 39.1 Å². The summed E-state index contributed by atoms with van der Waals surface area (Å²) in [4.78, 5) is 28.8. The Morgan fingerprint density at radius 1 is 0.925 bits per heavy atom. The number of amides is 2. The fraction of sp³-hybridized carbons (Fsp3) is 0.355. The Bertz CT molecular complexity index is 1390. The lowest BCUT2D eigenvalue weighted by atomic mass is 10.1. The van der Waals surface area contributed by atoms with E-state index in [0.717, 1.165) is 33.8 Å². The highest BCUT2D eigenvalue weighted by atomic mass is 35.5. The van der Waals surface area contributed by atoms with Gasteiger partial charge in [0, 0.05) is 18.1 Å². The van der Waals surface area contributed by atoms with Gasteiger partial charge < -0.3 is 10.2 Å². The zero-order valence-corrected chi connectivity index (χ0v) is 25.1. The molecule has 0 radical (unpaired) electrons. The number of hydrogen-bond acceptors (Lipinski definition) is 4. The summed E-state index contributed by atoms with van der Waals surface area (Å²) < 4.78 is 28.8. The van der Waals surface area contributed by atoms with E-state index in [0.29, 0.717) is 18.0 Å². The van der Waals surface area contributed by atoms with Crippen molar-refractivity contribution in [2.75, 3.05) is 17.4 Å². The van der Waals surface area contributed by atoms with Crippen molar-refractivity contribution in [3.63, 3.8) is 0 Å². The average Bonchev–Trinajstić information content (AvgIpc) is 2.93. The molecule has 0 fully saturated rings. The number of halogens is 1. The van der Waals surface area contributed by atoms with Gasteiger partial charge in [-0.25, -0.2) is 8.42 Å². The van der Waals surface area contributed by atoms with E-state index in [4.69, 9.17) is 11.6 Å². The van der Waals surface area contributed by atoms with Crippen molar-refractivity contribution in [3.8, 4) is 0 Å². The molecule has 0 aliphatic carbocycles. The quantitative estimate of drug-likeness (QED) is 0.255. The van der Waals surface area contributed by atoms with Crippen molar-refractivity contribution in [1.82, 2.24) is 10.2 Å². The van der Waals surface area contributed by atoms with Gasteiger partial charge in [0.1, 0.15) is 12.6 Å². The van der Waals surface area contributed by atoms with Crippen LogP contribution in [-0.2, 0) is 26.2 Å². The van der Waals surface area contributed by atoms with Crippen molar-refractivity contribution < 1.29 is 18.0 Å². The summed E-state index contributed by atoms with van der Waals surface area (Å²) >= 11 is 6.23. The van der Waals surface area contributed by atoms with Crippen molar-refractivity contribution in [3.05, 3.63) is 94.5 Å². The Morgan fingerprint density at radius 3 is 2.12 bits per heavy atom. The maximum absolute atomic E-state index is 14.1. The lowest BCUT2D eigenvalue weighted by Gasteiger charge is -2.33. The van der Waals surface area contributed by atoms with Gasteiger partial charge in [-0.2, -0.15) is 0 Å². The standard InChI is InChI=1S/C31H38ClN3O4S/c1-5-7-19-33-31(37)29(6-2)34(21-25-15-11-23(3)12-16-25)30(36)22-35(27-10-8-9-26(32)20-27)40(38,39)28-17-13-24(4)14-18-28/h8-18,20,29H,5-7,19,21-22H2,1-4H3,(H,33,37). The Kier molecular flexibility index (Phi) is 11.2. The second kappa shape index (κ2) is 14.3. The summed E-state index contributed by atoms with van der Waals surface area (Å²) in [5.74, 6) is -0.749. The molecule has 214 valence electrons. The number of nitrogens with zero attached hydrogens (tertiary/aromatic N) is 2. The number of carbonyl (C=O) groups is 2. The Labute approximate surface area is 243 Å². The topological polar surface area (TPSA) is 86.8 Å². The van der Waals surface area contributed by atoms with Crippen LogP contribution in [0.15, 0.2) is 77.7 Å². The molecule has 1 N–H and O–H groups in total. The number of nitrogens with one attached hydrogen (secondary N) is 1. The van der Waals surface area contributed by atoms with Gasteiger partial charge in [0.25, 0.3) is 10.0 Å². The molecule has 0 bridgehead atoms. The second-order valence-corrected chi connectivity index (χ2v) is 12.2. The van der Waals surface area contributed by atoms with Gasteiger partial charge in [-0.15, -0.1) is 0 Å². The van der Waals surface area contributed by atoms with Gasteiger partial charge in [-0.05, 0) is 62.6 Å². The van der Waals surface area contributed by atoms with Crippen LogP contribution in [0.5, 0.6) is 0 Å². The highest BCUT2D eigenvalue weighted by molar-refractivity contribution is 7.92. The molecule has 9 heteroatoms. The molecule has 0 aliphatic rings. The van der Waals surface area contributed by atoms with Crippen LogP contribution < -0.4 is 9.62 Å². The Morgan fingerprint density at radius 2 is 1.55 bits per heavy atom. The summed E-state index contributed by atoms with van der Waals surface area (Å²) in [6.07, 6.45) is 2.12. The van der Waals surface area contributed by atoms with Crippen LogP contribution in [-0.4, -0.2) is 44.3 Å². The summed E-state index contributed by atoms with van der Waals surface area (Å²) in [5.41, 5.74) is 3.09. The minimum absolute atomic E-state index is 0.0558. The van der Waals surface area contributed by atoms with E-state index >= 15 is 0 Å². The first-order valence-corrected chi connectivity index (χ1v) is 15.4. The summed E-state index contributed by atoms with van der Waals surface area (Å²) in [6, 6.07) is 19.8. The van der Waals surface area contributed by atoms with E-state index in [1.807, 2.05) is 52.0 Å². The van der Waals surface area contributed by atoms with Crippen LogP contribution in [0.4, 0.5) is 5.69 Å². The number of carbonyl (C=O) groups excluding carboxylic acids is 2. The first-order valence-electron chi connectivity index (χ1n) is 13.5. The predicted octanol–water partition coefficient (Wildman–Crippen LogP) is 5.88. The van der Waals surface area contributed by atoms with Crippen LogP contribution in [0, 0.1) is 13.8 Å². The largest absolute Gasteiger partial charge is 0.354 e. The van der Waals surface area contributed by atoms with E-state index in [1.54, 1.807) is 30.3 Å². The van der Waals surface area contributed by atoms with Crippen LogP contribution in [0.1, 0.15) is 49.8 Å². The van der Waals surface area contributed by atoms with Gasteiger partial charge >= 0.3 is 0 Å². The third-order valence-electron chi connectivity index (χ3n) is 6.67. The fourth-order valence-corrected chi connectivity index (χ4v) is 5.90. The van der Waals surface area contributed by atoms with E-state index in [-0.39, 0.29) is 23.0 Å². The number of rotatable bonds is 13. The minimum atomic E-state index is -4.14. The lowest BCUT2D eigenvalue weighted by molar-refractivity contribution is -0.140. The SMILES string of the molecule is CCCCNC(=O)C(CC)N(Cc1ccc(C)cc1)C(=O)CN(c1cccc(Cl)c1)S(=O)(=O)c1ccc(C)cc1. The number of benzene rings is 3. The van der Waals surface area contributed by atoms with Gasteiger partial charge in [0.05, 0.1) is 10.6 Å². The third-order valence-corrected chi connectivity index (χ3v) is 8.70. The van der Waals surface area contributed by atoms with Crippen LogP contribution in [0.25, 0.3) is 0 Å². The van der Waals surface area contributed by atoms with Gasteiger partial charge in [-0.3, -0.25) is 13.9 Å². The number of sulfonamides is 1. The molecule has 0 aliphatic heterocycles. The van der Waals surface area contributed by atoms with E-state index < -0.39 is 28.5 Å². The van der Waals surface area contributed by atoms with Crippen molar-refractivity contribution in [2.24, 2.45) is 0 Å².